The predicted molar refractivity (Wildman–Crippen MR) is 124 cm³/mol. The van der Waals surface area contributed by atoms with Crippen molar-refractivity contribution in [2.75, 3.05) is 5.32 Å². The van der Waals surface area contributed by atoms with Crippen LogP contribution in [0.25, 0.3) is 16.8 Å². The SMILES string of the molecule is Cc1nn(-c2ccccc2)c(NC(=O)c2ccccc2Cl)c(-c2ccccc2Cl)c1=O. The molecule has 0 saturated heterocycles. The van der Waals surface area contributed by atoms with Crippen LogP contribution in [0.5, 0.6) is 0 Å². The first-order valence-electron chi connectivity index (χ1n) is 9.47. The van der Waals surface area contributed by atoms with Crippen molar-refractivity contribution in [1.82, 2.24) is 9.78 Å². The fourth-order valence-corrected chi connectivity index (χ4v) is 3.70. The minimum Gasteiger partial charge on any atom is -0.306 e. The highest BCUT2D eigenvalue weighted by atomic mass is 35.5. The maximum Gasteiger partial charge on any atom is 0.258 e. The molecular formula is C24H17Cl2N3O2. The van der Waals surface area contributed by atoms with Crippen LogP contribution in [-0.4, -0.2) is 15.7 Å². The highest BCUT2D eigenvalue weighted by Crippen LogP contribution is 2.32. The Kier molecular flexibility index (Phi) is 5.89. The molecule has 0 aliphatic heterocycles. The number of benzene rings is 3. The number of anilines is 1. The van der Waals surface area contributed by atoms with Gasteiger partial charge in [0.25, 0.3) is 5.91 Å². The van der Waals surface area contributed by atoms with Crippen LogP contribution in [0.2, 0.25) is 10.0 Å². The number of aromatic nitrogens is 2. The highest BCUT2D eigenvalue weighted by Gasteiger charge is 2.22. The van der Waals surface area contributed by atoms with E-state index in [9.17, 15) is 9.59 Å². The molecule has 0 bridgehead atoms. The van der Waals surface area contributed by atoms with E-state index >= 15 is 0 Å². The van der Waals surface area contributed by atoms with Gasteiger partial charge in [-0.1, -0.05) is 71.7 Å². The zero-order valence-electron chi connectivity index (χ0n) is 16.5. The number of rotatable bonds is 4. The van der Waals surface area contributed by atoms with Crippen molar-refractivity contribution in [2.24, 2.45) is 0 Å². The van der Waals surface area contributed by atoms with E-state index in [1.165, 1.54) is 4.68 Å². The third-order valence-corrected chi connectivity index (χ3v) is 5.41. The minimum atomic E-state index is -0.464. The van der Waals surface area contributed by atoms with Gasteiger partial charge in [0.1, 0.15) is 11.5 Å². The van der Waals surface area contributed by atoms with Crippen molar-refractivity contribution in [1.29, 1.82) is 0 Å². The molecule has 4 rings (SSSR count). The maximum absolute atomic E-state index is 13.2. The number of carbonyl (C=O) groups excluding carboxylic acids is 1. The Morgan fingerprint density at radius 3 is 2.16 bits per heavy atom. The quantitative estimate of drug-likeness (QED) is 0.430. The second kappa shape index (κ2) is 8.76. The molecule has 0 atom stereocenters. The van der Waals surface area contributed by atoms with Crippen molar-refractivity contribution in [2.45, 2.75) is 6.92 Å². The molecule has 0 unspecified atom stereocenters. The zero-order chi connectivity index (χ0) is 22.0. The normalized spacial score (nSPS) is 10.7. The van der Waals surface area contributed by atoms with Crippen molar-refractivity contribution in [3.63, 3.8) is 0 Å². The number of aryl methyl sites for hydroxylation is 1. The summed E-state index contributed by atoms with van der Waals surface area (Å²) in [6.07, 6.45) is 0. The summed E-state index contributed by atoms with van der Waals surface area (Å²) in [5.41, 5.74) is 1.65. The Morgan fingerprint density at radius 1 is 0.871 bits per heavy atom. The van der Waals surface area contributed by atoms with Gasteiger partial charge in [-0.2, -0.15) is 5.10 Å². The summed E-state index contributed by atoms with van der Waals surface area (Å²) >= 11 is 12.6. The summed E-state index contributed by atoms with van der Waals surface area (Å²) in [5.74, 6) is -0.256. The van der Waals surface area contributed by atoms with Crippen LogP contribution in [0, 0.1) is 6.92 Å². The summed E-state index contributed by atoms with van der Waals surface area (Å²) in [5, 5.41) is 7.97. The molecule has 0 saturated carbocycles. The molecule has 3 aromatic carbocycles. The van der Waals surface area contributed by atoms with Gasteiger partial charge in [-0.15, -0.1) is 0 Å². The number of amides is 1. The van der Waals surface area contributed by atoms with Crippen LogP contribution >= 0.6 is 23.2 Å². The second-order valence-corrected chi connectivity index (χ2v) is 7.61. The molecule has 0 aliphatic carbocycles. The third kappa shape index (κ3) is 4.10. The molecule has 4 aromatic rings. The molecule has 0 fully saturated rings. The number of hydrogen-bond acceptors (Lipinski definition) is 3. The number of carbonyl (C=O) groups is 1. The highest BCUT2D eigenvalue weighted by molar-refractivity contribution is 6.35. The summed E-state index contributed by atoms with van der Waals surface area (Å²) < 4.78 is 1.53. The number of hydrogen-bond donors (Lipinski definition) is 1. The molecule has 31 heavy (non-hydrogen) atoms. The van der Waals surface area contributed by atoms with Gasteiger partial charge in [0.2, 0.25) is 5.43 Å². The Hall–Kier alpha value is -3.41. The standard InChI is InChI=1S/C24H17Cl2N3O2/c1-15-22(30)21(17-11-5-7-13-19(17)25)23(29(28-15)16-9-3-2-4-10-16)27-24(31)18-12-6-8-14-20(18)26/h2-14H,1H3,(H,27,31). The Bertz CT molecular complexity index is 1330. The molecule has 7 heteroatoms. The van der Waals surface area contributed by atoms with Crippen LogP contribution in [0.4, 0.5) is 5.82 Å². The average molecular weight is 450 g/mol. The van der Waals surface area contributed by atoms with Crippen LogP contribution in [0.1, 0.15) is 16.1 Å². The molecule has 1 heterocycles. The predicted octanol–water partition coefficient (Wildman–Crippen LogP) is 5.77. The number of nitrogens with zero attached hydrogens (tertiary/aromatic N) is 2. The molecule has 1 amide bonds. The Balaban J connectivity index is 2.00. The van der Waals surface area contributed by atoms with Crippen LogP contribution in [0.15, 0.2) is 83.7 Å². The zero-order valence-corrected chi connectivity index (χ0v) is 18.0. The van der Waals surface area contributed by atoms with Crippen molar-refractivity contribution >= 4 is 34.9 Å². The smallest absolute Gasteiger partial charge is 0.258 e. The number of halogens is 2. The first-order chi connectivity index (χ1) is 15.0. The Morgan fingerprint density at radius 2 is 1.48 bits per heavy atom. The number of para-hydroxylation sites is 1. The lowest BCUT2D eigenvalue weighted by atomic mass is 10.0. The molecule has 0 aliphatic rings. The monoisotopic (exact) mass is 449 g/mol. The molecule has 0 spiro atoms. The van der Waals surface area contributed by atoms with Gasteiger partial charge >= 0.3 is 0 Å². The van der Waals surface area contributed by atoms with E-state index in [0.717, 1.165) is 0 Å². The largest absolute Gasteiger partial charge is 0.306 e. The summed E-state index contributed by atoms with van der Waals surface area (Å²) in [4.78, 5) is 26.3. The number of nitrogens with one attached hydrogen (secondary N) is 1. The summed E-state index contributed by atoms with van der Waals surface area (Å²) in [7, 11) is 0. The topological polar surface area (TPSA) is 64.0 Å². The lowest BCUT2D eigenvalue weighted by molar-refractivity contribution is 0.102. The van der Waals surface area contributed by atoms with E-state index in [4.69, 9.17) is 23.2 Å². The van der Waals surface area contributed by atoms with Gasteiger partial charge in [-0.25, -0.2) is 4.68 Å². The van der Waals surface area contributed by atoms with Crippen LogP contribution < -0.4 is 10.7 Å². The maximum atomic E-state index is 13.2. The minimum absolute atomic E-state index is 0.208. The van der Waals surface area contributed by atoms with E-state index < -0.39 is 5.91 Å². The van der Waals surface area contributed by atoms with Crippen molar-refractivity contribution in [3.8, 4) is 16.8 Å². The Labute approximate surface area is 188 Å². The second-order valence-electron chi connectivity index (χ2n) is 6.80. The van der Waals surface area contributed by atoms with Gasteiger partial charge in [0.15, 0.2) is 0 Å². The summed E-state index contributed by atoms with van der Waals surface area (Å²) in [6, 6.07) is 22.9. The molecule has 1 N–H and O–H groups in total. The average Bonchev–Trinajstić information content (AvgIpc) is 2.78. The van der Waals surface area contributed by atoms with E-state index in [0.29, 0.717) is 21.3 Å². The fraction of sp³-hybridized carbons (Fsp3) is 0.0417. The molecule has 1 aromatic heterocycles. The van der Waals surface area contributed by atoms with Gasteiger partial charge in [-0.3, -0.25) is 9.59 Å². The third-order valence-electron chi connectivity index (χ3n) is 4.75. The van der Waals surface area contributed by atoms with Crippen molar-refractivity contribution < 1.29 is 4.79 Å². The van der Waals surface area contributed by atoms with E-state index in [1.54, 1.807) is 55.5 Å². The lowest BCUT2D eigenvalue weighted by Crippen LogP contribution is -2.25. The van der Waals surface area contributed by atoms with Crippen molar-refractivity contribution in [3.05, 3.63) is 110 Å². The first-order valence-corrected chi connectivity index (χ1v) is 10.2. The van der Waals surface area contributed by atoms with E-state index in [2.05, 4.69) is 10.4 Å². The molecular weight excluding hydrogens is 433 g/mol. The fourth-order valence-electron chi connectivity index (χ4n) is 3.25. The van der Waals surface area contributed by atoms with Crippen LogP contribution in [-0.2, 0) is 0 Å². The van der Waals surface area contributed by atoms with E-state index in [-0.39, 0.29) is 28.1 Å². The van der Waals surface area contributed by atoms with Gasteiger partial charge in [-0.05, 0) is 37.3 Å². The molecule has 154 valence electrons. The first kappa shape index (κ1) is 20.8. The van der Waals surface area contributed by atoms with E-state index in [1.807, 2.05) is 30.3 Å². The van der Waals surface area contributed by atoms with Gasteiger partial charge in [0.05, 0.1) is 21.8 Å². The molecule has 0 radical (unpaired) electrons. The lowest BCUT2D eigenvalue weighted by Gasteiger charge is -2.19. The molecule has 5 nitrogen and oxygen atoms in total. The van der Waals surface area contributed by atoms with Gasteiger partial charge in [0, 0.05) is 10.6 Å². The van der Waals surface area contributed by atoms with Gasteiger partial charge < -0.3 is 5.32 Å². The summed E-state index contributed by atoms with van der Waals surface area (Å²) in [6.45, 7) is 1.63. The van der Waals surface area contributed by atoms with Crippen LogP contribution in [0.3, 0.4) is 0 Å².